The predicted molar refractivity (Wildman–Crippen MR) is 118 cm³/mol. The summed E-state index contributed by atoms with van der Waals surface area (Å²) >= 11 is 6.11. The molecular formula is C25H17ClO6. The number of aromatic hydroxyl groups is 1. The third-order valence-corrected chi connectivity index (χ3v) is 5.88. The molecule has 0 fully saturated rings. The number of methoxy groups -OCH3 is 1. The van der Waals surface area contributed by atoms with Gasteiger partial charge in [0.1, 0.15) is 23.0 Å². The molecule has 0 aliphatic carbocycles. The van der Waals surface area contributed by atoms with E-state index in [9.17, 15) is 14.7 Å². The number of phenolic OH excluding ortho intramolecular Hbond substituents is 1. The Labute approximate surface area is 188 Å². The number of esters is 1. The van der Waals surface area contributed by atoms with E-state index in [2.05, 4.69) is 0 Å². The van der Waals surface area contributed by atoms with Gasteiger partial charge >= 0.3 is 5.97 Å². The number of halogens is 1. The topological polar surface area (TPSA) is 82.1 Å². The number of allylic oxidation sites excluding steroid dienone is 1. The molecule has 0 saturated carbocycles. The summed E-state index contributed by atoms with van der Waals surface area (Å²) in [6.07, 6.45) is 1.68. The molecule has 0 radical (unpaired) electrons. The summed E-state index contributed by atoms with van der Waals surface area (Å²) in [7, 11) is 1.56. The fourth-order valence-electron chi connectivity index (χ4n) is 4.06. The average molecular weight is 449 g/mol. The first-order chi connectivity index (χ1) is 15.5. The molecule has 160 valence electrons. The number of phenols is 1. The molecule has 6 nitrogen and oxygen atoms in total. The maximum atomic E-state index is 13.1. The number of carbonyl (C=O) groups is 2. The number of para-hydroxylation sites is 1. The number of hydrogen-bond donors (Lipinski definition) is 1. The Morgan fingerprint density at radius 3 is 2.69 bits per heavy atom. The van der Waals surface area contributed by atoms with Crippen molar-refractivity contribution in [2.24, 2.45) is 0 Å². The molecule has 0 unspecified atom stereocenters. The summed E-state index contributed by atoms with van der Waals surface area (Å²) in [6.45, 7) is 0. The van der Waals surface area contributed by atoms with Crippen LogP contribution in [0.2, 0.25) is 5.02 Å². The van der Waals surface area contributed by atoms with Crippen LogP contribution in [-0.2, 0) is 4.79 Å². The number of fused-ring (bicyclic) bond motifs is 3. The van der Waals surface area contributed by atoms with Crippen molar-refractivity contribution in [2.45, 2.75) is 12.3 Å². The number of ether oxygens (including phenoxy) is 3. The van der Waals surface area contributed by atoms with E-state index in [1.54, 1.807) is 43.5 Å². The lowest BCUT2D eigenvalue weighted by molar-refractivity contribution is -0.135. The van der Waals surface area contributed by atoms with Gasteiger partial charge in [-0.1, -0.05) is 35.9 Å². The highest BCUT2D eigenvalue weighted by atomic mass is 35.5. The quantitative estimate of drug-likeness (QED) is 0.340. The van der Waals surface area contributed by atoms with Crippen LogP contribution in [0.25, 0.3) is 6.08 Å². The van der Waals surface area contributed by atoms with E-state index in [4.69, 9.17) is 25.8 Å². The summed E-state index contributed by atoms with van der Waals surface area (Å²) < 4.78 is 16.8. The Kier molecular flexibility index (Phi) is 4.87. The molecule has 2 heterocycles. The van der Waals surface area contributed by atoms with Crippen LogP contribution in [0, 0.1) is 0 Å². The minimum Gasteiger partial charge on any atom is -0.506 e. The van der Waals surface area contributed by atoms with Gasteiger partial charge in [-0.25, -0.2) is 0 Å². The molecule has 0 amide bonds. The Morgan fingerprint density at radius 2 is 1.91 bits per heavy atom. The lowest BCUT2D eigenvalue weighted by atomic mass is 9.84. The number of hydrogen-bond acceptors (Lipinski definition) is 6. The first kappa shape index (κ1) is 20.2. The van der Waals surface area contributed by atoms with Gasteiger partial charge in [-0.3, -0.25) is 9.59 Å². The van der Waals surface area contributed by atoms with E-state index in [0.717, 1.165) is 0 Å². The van der Waals surface area contributed by atoms with Crippen LogP contribution < -0.4 is 14.2 Å². The largest absolute Gasteiger partial charge is 0.506 e. The molecule has 7 heteroatoms. The zero-order valence-corrected chi connectivity index (χ0v) is 17.7. The van der Waals surface area contributed by atoms with Crippen molar-refractivity contribution in [1.82, 2.24) is 0 Å². The van der Waals surface area contributed by atoms with Gasteiger partial charge in [0.2, 0.25) is 5.78 Å². The Hall–Kier alpha value is -3.77. The first-order valence-corrected chi connectivity index (χ1v) is 10.3. The highest BCUT2D eigenvalue weighted by Gasteiger charge is 2.38. The van der Waals surface area contributed by atoms with Crippen molar-refractivity contribution in [2.75, 3.05) is 7.11 Å². The molecule has 3 aromatic rings. The molecule has 2 aliphatic rings. The number of Topliss-reactive ketones (excluding diaryl/α,β-unsaturated/α-hetero) is 1. The van der Waals surface area contributed by atoms with Crippen molar-refractivity contribution in [3.8, 4) is 23.0 Å². The van der Waals surface area contributed by atoms with E-state index in [0.29, 0.717) is 39.5 Å². The minimum atomic E-state index is -0.447. The van der Waals surface area contributed by atoms with E-state index >= 15 is 0 Å². The van der Waals surface area contributed by atoms with Crippen LogP contribution in [0.15, 0.2) is 60.4 Å². The van der Waals surface area contributed by atoms with Gasteiger partial charge in [-0.05, 0) is 42.0 Å². The second-order valence-electron chi connectivity index (χ2n) is 7.48. The molecule has 32 heavy (non-hydrogen) atoms. The number of ketones is 1. The van der Waals surface area contributed by atoms with Crippen molar-refractivity contribution in [3.63, 3.8) is 0 Å². The predicted octanol–water partition coefficient (Wildman–Crippen LogP) is 5.11. The molecule has 0 bridgehead atoms. The van der Waals surface area contributed by atoms with E-state index < -0.39 is 11.9 Å². The molecule has 5 rings (SSSR count). The molecule has 0 saturated heterocycles. The van der Waals surface area contributed by atoms with Crippen molar-refractivity contribution in [1.29, 1.82) is 0 Å². The monoisotopic (exact) mass is 448 g/mol. The van der Waals surface area contributed by atoms with Crippen molar-refractivity contribution < 1.29 is 28.9 Å². The third-order valence-electron chi connectivity index (χ3n) is 5.58. The third kappa shape index (κ3) is 3.29. The summed E-state index contributed by atoms with van der Waals surface area (Å²) in [5.41, 5.74) is 2.39. The van der Waals surface area contributed by atoms with Crippen LogP contribution in [0.4, 0.5) is 0 Å². The smallest absolute Gasteiger partial charge is 0.312 e. The minimum absolute atomic E-state index is 0.0493. The van der Waals surface area contributed by atoms with Crippen LogP contribution in [0.3, 0.4) is 0 Å². The summed E-state index contributed by atoms with van der Waals surface area (Å²) in [4.78, 5) is 25.4. The Morgan fingerprint density at radius 1 is 1.09 bits per heavy atom. The zero-order chi connectivity index (χ0) is 22.4. The normalized spacial score (nSPS) is 18.1. The van der Waals surface area contributed by atoms with Gasteiger partial charge in [0, 0.05) is 17.0 Å². The van der Waals surface area contributed by atoms with E-state index in [1.165, 1.54) is 6.07 Å². The van der Waals surface area contributed by atoms with Gasteiger partial charge < -0.3 is 19.3 Å². The van der Waals surface area contributed by atoms with Gasteiger partial charge in [0.25, 0.3) is 0 Å². The van der Waals surface area contributed by atoms with Crippen LogP contribution in [-0.4, -0.2) is 24.0 Å². The van der Waals surface area contributed by atoms with Crippen molar-refractivity contribution in [3.05, 3.63) is 87.6 Å². The standard InChI is InChI=1S/C25H17ClO6/c1-30-19-5-3-2-4-14(19)11-21-24(29)15-7-9-20-23(25(15)32-21)16(12-22(28)31-20)13-6-8-18(27)17(26)10-13/h2-11,16,27H,12H2,1H3/b21-11-/t16-/m0/s1. The van der Waals surface area contributed by atoms with Crippen LogP contribution in [0.1, 0.15) is 39.4 Å². The fourth-order valence-corrected chi connectivity index (χ4v) is 4.25. The average Bonchev–Trinajstić information content (AvgIpc) is 3.10. The summed E-state index contributed by atoms with van der Waals surface area (Å²) in [5, 5.41) is 9.96. The maximum absolute atomic E-state index is 13.1. The molecule has 0 aromatic heterocycles. The molecule has 2 aliphatic heterocycles. The van der Waals surface area contributed by atoms with Gasteiger partial charge in [0.05, 0.1) is 24.1 Å². The number of benzene rings is 3. The number of carbonyl (C=O) groups excluding carboxylic acids is 2. The highest BCUT2D eigenvalue weighted by molar-refractivity contribution is 6.32. The zero-order valence-electron chi connectivity index (χ0n) is 16.9. The van der Waals surface area contributed by atoms with Gasteiger partial charge in [-0.2, -0.15) is 0 Å². The van der Waals surface area contributed by atoms with Gasteiger partial charge in [-0.15, -0.1) is 0 Å². The highest BCUT2D eigenvalue weighted by Crippen LogP contribution is 2.49. The Bertz CT molecular complexity index is 1310. The number of rotatable bonds is 3. The van der Waals surface area contributed by atoms with E-state index in [1.807, 2.05) is 18.2 Å². The van der Waals surface area contributed by atoms with Crippen LogP contribution >= 0.6 is 11.6 Å². The first-order valence-electron chi connectivity index (χ1n) is 9.89. The van der Waals surface area contributed by atoms with E-state index in [-0.39, 0.29) is 28.7 Å². The molecular weight excluding hydrogens is 432 g/mol. The molecule has 0 spiro atoms. The molecule has 1 atom stereocenters. The lowest BCUT2D eigenvalue weighted by Crippen LogP contribution is -2.21. The molecule has 3 aromatic carbocycles. The fraction of sp³-hybridized carbons (Fsp3) is 0.120. The van der Waals surface area contributed by atoms with Crippen LogP contribution in [0.5, 0.6) is 23.0 Å². The summed E-state index contributed by atoms with van der Waals surface area (Å²) in [5.74, 6) is 0.278. The second-order valence-corrected chi connectivity index (χ2v) is 7.88. The lowest BCUT2D eigenvalue weighted by Gasteiger charge is -2.26. The SMILES string of the molecule is COc1ccccc1/C=C1\Oc2c(ccc3c2[C@H](c2ccc(O)c(Cl)c2)CC(=O)O3)C1=O. The van der Waals surface area contributed by atoms with Gasteiger partial charge in [0.15, 0.2) is 5.76 Å². The Balaban J connectivity index is 1.62. The maximum Gasteiger partial charge on any atom is 0.312 e. The molecule has 1 N–H and O–H groups in total. The summed E-state index contributed by atoms with van der Waals surface area (Å²) in [6, 6.07) is 15.3. The second kappa shape index (κ2) is 7.73. The van der Waals surface area contributed by atoms with Crippen molar-refractivity contribution >= 4 is 29.4 Å².